The Bertz CT molecular complexity index is 339. The van der Waals surface area contributed by atoms with Gasteiger partial charge in [0.2, 0.25) is 0 Å². The summed E-state index contributed by atoms with van der Waals surface area (Å²) >= 11 is 0. The molecule has 0 atom stereocenters. The van der Waals surface area contributed by atoms with Gasteiger partial charge in [-0.1, -0.05) is 13.2 Å². The van der Waals surface area contributed by atoms with Gasteiger partial charge < -0.3 is 29.9 Å². The summed E-state index contributed by atoms with van der Waals surface area (Å²) in [5.74, 6) is -0.656. The first-order chi connectivity index (χ1) is 12.4. The molecule has 4 N–H and O–H groups in total. The van der Waals surface area contributed by atoms with E-state index in [2.05, 4.69) is 13.2 Å². The van der Waals surface area contributed by atoms with Gasteiger partial charge in [-0.25, -0.2) is 9.59 Å². The molecule has 152 valence electrons. The highest BCUT2D eigenvalue weighted by Crippen LogP contribution is 2.29. The standard InChI is InChI=1S/C12H24O4.2C3H4O2/c13-5-7-15-9-11-1-2-12(4-3-11)10-16-8-6-14;2*1-2-3(4)5/h11-14H,1-10H2;2*2H,1H2,(H,4,5). The molecule has 0 heterocycles. The Morgan fingerprint density at radius 3 is 1.27 bits per heavy atom. The molecule has 8 nitrogen and oxygen atoms in total. The summed E-state index contributed by atoms with van der Waals surface area (Å²) in [5.41, 5.74) is 0. The monoisotopic (exact) mass is 376 g/mol. The van der Waals surface area contributed by atoms with Crippen LogP contribution in [-0.2, 0) is 19.1 Å². The van der Waals surface area contributed by atoms with Crippen LogP contribution in [0.15, 0.2) is 25.3 Å². The number of hydrogen-bond acceptors (Lipinski definition) is 6. The Hall–Kier alpha value is -1.74. The first-order valence-electron chi connectivity index (χ1n) is 8.49. The summed E-state index contributed by atoms with van der Waals surface area (Å²) in [6.07, 6.45) is 6.44. The van der Waals surface area contributed by atoms with Crippen LogP contribution in [0.2, 0.25) is 0 Å². The first kappa shape index (κ1) is 26.5. The van der Waals surface area contributed by atoms with E-state index in [1.165, 1.54) is 25.7 Å². The Morgan fingerprint density at radius 1 is 0.808 bits per heavy atom. The summed E-state index contributed by atoms with van der Waals surface area (Å²) in [5, 5.41) is 32.4. The maximum atomic E-state index is 9.25. The van der Waals surface area contributed by atoms with Crippen LogP contribution in [-0.4, -0.2) is 72.0 Å². The highest BCUT2D eigenvalue weighted by Gasteiger charge is 2.21. The minimum absolute atomic E-state index is 0.115. The van der Waals surface area contributed by atoms with Crippen LogP contribution < -0.4 is 0 Å². The second-order valence-electron chi connectivity index (χ2n) is 5.57. The largest absolute Gasteiger partial charge is 0.478 e. The molecule has 0 bridgehead atoms. The molecule has 0 amide bonds. The Balaban J connectivity index is 0. The van der Waals surface area contributed by atoms with Crippen molar-refractivity contribution in [2.75, 3.05) is 39.6 Å². The van der Waals surface area contributed by atoms with Gasteiger partial charge in [0.25, 0.3) is 0 Å². The van der Waals surface area contributed by atoms with E-state index in [0.29, 0.717) is 25.0 Å². The van der Waals surface area contributed by atoms with Crippen molar-refractivity contribution < 1.29 is 39.5 Å². The Morgan fingerprint density at radius 2 is 1.08 bits per heavy atom. The predicted octanol–water partition coefficient (Wildman–Crippen LogP) is 1.32. The van der Waals surface area contributed by atoms with Crippen molar-refractivity contribution in [2.45, 2.75) is 25.7 Å². The summed E-state index contributed by atoms with van der Waals surface area (Å²) < 4.78 is 10.7. The van der Waals surface area contributed by atoms with E-state index in [-0.39, 0.29) is 13.2 Å². The fourth-order valence-corrected chi connectivity index (χ4v) is 2.19. The van der Waals surface area contributed by atoms with Crippen molar-refractivity contribution in [3.63, 3.8) is 0 Å². The molecule has 0 unspecified atom stereocenters. The van der Waals surface area contributed by atoms with Crippen LogP contribution in [0, 0.1) is 11.8 Å². The van der Waals surface area contributed by atoms with Crippen molar-refractivity contribution >= 4 is 11.9 Å². The molecular formula is C18H32O8. The van der Waals surface area contributed by atoms with Crippen LogP contribution in [0.3, 0.4) is 0 Å². The highest BCUT2D eigenvalue weighted by atomic mass is 16.5. The second-order valence-corrected chi connectivity index (χ2v) is 5.57. The number of carbonyl (C=O) groups is 2. The van der Waals surface area contributed by atoms with E-state index >= 15 is 0 Å². The average Bonchev–Trinajstić information content (AvgIpc) is 2.64. The molecule has 1 aliphatic carbocycles. The van der Waals surface area contributed by atoms with E-state index in [1.807, 2.05) is 0 Å². The first-order valence-corrected chi connectivity index (χ1v) is 8.49. The second kappa shape index (κ2) is 19.6. The van der Waals surface area contributed by atoms with Crippen LogP contribution in [0.5, 0.6) is 0 Å². The molecule has 0 aliphatic heterocycles. The maximum absolute atomic E-state index is 9.25. The van der Waals surface area contributed by atoms with Crippen molar-refractivity contribution in [3.05, 3.63) is 25.3 Å². The number of ether oxygens (including phenoxy) is 2. The SMILES string of the molecule is C=CC(=O)O.C=CC(=O)O.OCCOCC1CCC(COCCO)CC1. The van der Waals surface area contributed by atoms with Gasteiger partial charge in [0.15, 0.2) is 0 Å². The van der Waals surface area contributed by atoms with Gasteiger partial charge in [0.1, 0.15) is 0 Å². The third-order valence-electron chi connectivity index (χ3n) is 3.49. The molecule has 8 heteroatoms. The highest BCUT2D eigenvalue weighted by molar-refractivity contribution is 5.79. The van der Waals surface area contributed by atoms with Crippen LogP contribution >= 0.6 is 0 Å². The van der Waals surface area contributed by atoms with Gasteiger partial charge >= 0.3 is 11.9 Å². The molecule has 0 spiro atoms. The van der Waals surface area contributed by atoms with Crippen LogP contribution in [0.4, 0.5) is 0 Å². The number of carboxylic acids is 2. The molecule has 0 saturated heterocycles. The van der Waals surface area contributed by atoms with Gasteiger partial charge in [-0.2, -0.15) is 0 Å². The van der Waals surface area contributed by atoms with E-state index in [9.17, 15) is 9.59 Å². The molecule has 1 rings (SSSR count). The number of rotatable bonds is 10. The predicted molar refractivity (Wildman–Crippen MR) is 96.9 cm³/mol. The summed E-state index contributed by atoms with van der Waals surface area (Å²) in [6.45, 7) is 8.63. The normalized spacial score (nSPS) is 18.4. The average molecular weight is 376 g/mol. The maximum Gasteiger partial charge on any atom is 0.327 e. The Labute approximate surface area is 154 Å². The number of aliphatic hydroxyl groups excluding tert-OH is 2. The van der Waals surface area contributed by atoms with Crippen LogP contribution in [0.1, 0.15) is 25.7 Å². The number of aliphatic hydroxyl groups is 2. The molecule has 0 aromatic heterocycles. The minimum atomic E-state index is -0.981. The summed E-state index contributed by atoms with van der Waals surface area (Å²) in [4.78, 5) is 18.5. The van der Waals surface area contributed by atoms with Crippen molar-refractivity contribution in [1.82, 2.24) is 0 Å². The van der Waals surface area contributed by atoms with E-state index in [4.69, 9.17) is 29.9 Å². The van der Waals surface area contributed by atoms with Crippen molar-refractivity contribution in [2.24, 2.45) is 11.8 Å². The lowest BCUT2D eigenvalue weighted by Crippen LogP contribution is -2.22. The zero-order chi connectivity index (χ0) is 20.2. The lowest BCUT2D eigenvalue weighted by Gasteiger charge is -2.28. The number of aliphatic carboxylic acids is 2. The van der Waals surface area contributed by atoms with Gasteiger partial charge in [-0.15, -0.1) is 0 Å². The van der Waals surface area contributed by atoms with Gasteiger partial charge in [-0.05, 0) is 37.5 Å². The molecule has 0 radical (unpaired) electrons. The van der Waals surface area contributed by atoms with E-state index in [1.54, 1.807) is 0 Å². The fourth-order valence-electron chi connectivity index (χ4n) is 2.19. The fraction of sp³-hybridized carbons (Fsp3) is 0.667. The zero-order valence-corrected chi connectivity index (χ0v) is 15.2. The third-order valence-corrected chi connectivity index (χ3v) is 3.49. The topological polar surface area (TPSA) is 134 Å². The molecule has 26 heavy (non-hydrogen) atoms. The van der Waals surface area contributed by atoms with Crippen molar-refractivity contribution in [3.8, 4) is 0 Å². The molecule has 1 fully saturated rings. The summed E-state index contributed by atoms with van der Waals surface area (Å²) in [6, 6.07) is 0. The number of carboxylic acid groups (broad SMARTS) is 2. The summed E-state index contributed by atoms with van der Waals surface area (Å²) in [7, 11) is 0. The van der Waals surface area contributed by atoms with Gasteiger partial charge in [0.05, 0.1) is 26.4 Å². The van der Waals surface area contributed by atoms with Crippen LogP contribution in [0.25, 0.3) is 0 Å². The van der Waals surface area contributed by atoms with E-state index in [0.717, 1.165) is 25.4 Å². The molecule has 0 aromatic rings. The molecule has 1 aliphatic rings. The van der Waals surface area contributed by atoms with Gasteiger partial charge in [0, 0.05) is 25.4 Å². The third kappa shape index (κ3) is 20.3. The lowest BCUT2D eigenvalue weighted by atomic mass is 9.83. The molecule has 0 aromatic carbocycles. The van der Waals surface area contributed by atoms with Crippen molar-refractivity contribution in [1.29, 1.82) is 0 Å². The minimum Gasteiger partial charge on any atom is -0.478 e. The van der Waals surface area contributed by atoms with Gasteiger partial charge in [-0.3, -0.25) is 0 Å². The molecular weight excluding hydrogens is 344 g/mol. The smallest absolute Gasteiger partial charge is 0.327 e. The Kier molecular flexibility index (Phi) is 20.0. The van der Waals surface area contributed by atoms with E-state index < -0.39 is 11.9 Å². The number of hydrogen-bond donors (Lipinski definition) is 4. The molecule has 1 saturated carbocycles. The lowest BCUT2D eigenvalue weighted by molar-refractivity contribution is -0.132. The zero-order valence-electron chi connectivity index (χ0n) is 15.2. The quantitative estimate of drug-likeness (QED) is 0.331.